The van der Waals surface area contributed by atoms with Crippen LogP contribution in [-0.4, -0.2) is 25.8 Å². The molecular weight excluding hydrogens is 319 g/mol. The first-order valence-electron chi connectivity index (χ1n) is 4.66. The molecule has 1 rings (SSSR count). The highest BCUT2D eigenvalue weighted by atomic mass is 79.9. The number of hydrogen-bond acceptors (Lipinski definition) is 3. The molecule has 0 saturated heterocycles. The van der Waals surface area contributed by atoms with Crippen LogP contribution in [0.3, 0.4) is 0 Å². The van der Waals surface area contributed by atoms with Gasteiger partial charge in [-0.1, -0.05) is 0 Å². The van der Waals surface area contributed by atoms with E-state index in [2.05, 4.69) is 20.8 Å². The lowest BCUT2D eigenvalue weighted by atomic mass is 10.2. The molecule has 0 aliphatic rings. The Bertz CT molecular complexity index is 437. The number of halogens is 4. The highest BCUT2D eigenvalue weighted by Crippen LogP contribution is 2.25. The molecule has 0 saturated carbocycles. The number of rotatable bonds is 4. The molecule has 0 aliphatic heterocycles. The van der Waals surface area contributed by atoms with E-state index < -0.39 is 18.7 Å². The average Bonchev–Trinajstić information content (AvgIpc) is 2.27. The zero-order valence-electron chi connectivity index (χ0n) is 9.18. The molecule has 1 N–H and O–H groups in total. The molecule has 0 aliphatic carbocycles. The van der Waals surface area contributed by atoms with E-state index in [1.165, 1.54) is 25.3 Å². The summed E-state index contributed by atoms with van der Waals surface area (Å²) in [5.41, 5.74) is 1.84. The first-order chi connectivity index (χ1) is 8.33. The van der Waals surface area contributed by atoms with Gasteiger partial charge in [-0.25, -0.2) is 5.48 Å². The fourth-order valence-electron chi connectivity index (χ4n) is 1.05. The van der Waals surface area contributed by atoms with Gasteiger partial charge >= 0.3 is 6.18 Å². The van der Waals surface area contributed by atoms with E-state index in [0.717, 1.165) is 0 Å². The Labute approximate surface area is 109 Å². The maximum Gasteiger partial charge on any atom is 0.414 e. The van der Waals surface area contributed by atoms with Crippen LogP contribution in [0.1, 0.15) is 10.4 Å². The van der Waals surface area contributed by atoms with Crippen molar-refractivity contribution in [2.75, 3.05) is 13.7 Å². The third-order valence-electron chi connectivity index (χ3n) is 1.81. The lowest BCUT2D eigenvalue weighted by Gasteiger charge is -2.09. The van der Waals surface area contributed by atoms with Gasteiger partial charge in [0.15, 0.2) is 6.61 Å². The van der Waals surface area contributed by atoms with E-state index in [-0.39, 0.29) is 5.56 Å². The molecule has 1 amide bonds. The second-order valence-electron chi connectivity index (χ2n) is 3.18. The largest absolute Gasteiger partial charge is 0.496 e. The van der Waals surface area contributed by atoms with Crippen LogP contribution in [0, 0.1) is 0 Å². The van der Waals surface area contributed by atoms with E-state index in [1.807, 2.05) is 0 Å². The molecule has 0 heterocycles. The van der Waals surface area contributed by atoms with Crippen LogP contribution in [-0.2, 0) is 4.84 Å². The van der Waals surface area contributed by atoms with Crippen molar-refractivity contribution in [2.24, 2.45) is 0 Å². The lowest BCUT2D eigenvalue weighted by Crippen LogP contribution is -2.29. The lowest BCUT2D eigenvalue weighted by molar-refractivity contribution is -0.184. The SMILES string of the molecule is COc1ccc(C(=O)NOCC(F)(F)F)cc1Br. The van der Waals surface area contributed by atoms with Gasteiger partial charge in [-0.3, -0.25) is 9.63 Å². The molecule has 0 radical (unpaired) electrons. The van der Waals surface area contributed by atoms with Crippen LogP contribution in [0.15, 0.2) is 22.7 Å². The molecular formula is C10H9BrF3NO3. The van der Waals surface area contributed by atoms with Crippen molar-refractivity contribution < 1.29 is 27.5 Å². The standard InChI is InChI=1S/C10H9BrF3NO3/c1-17-8-3-2-6(4-7(8)11)9(16)15-18-5-10(12,13)14/h2-4H,5H2,1H3,(H,15,16). The number of carbonyl (C=O) groups excluding carboxylic acids is 1. The van der Waals surface area contributed by atoms with Gasteiger partial charge in [0.2, 0.25) is 0 Å². The van der Waals surface area contributed by atoms with Crippen LogP contribution in [0.5, 0.6) is 5.75 Å². The summed E-state index contributed by atoms with van der Waals surface area (Å²) in [6.07, 6.45) is -4.49. The van der Waals surface area contributed by atoms with Crippen LogP contribution in [0.25, 0.3) is 0 Å². The molecule has 100 valence electrons. The quantitative estimate of drug-likeness (QED) is 0.865. The molecule has 1 aromatic rings. The van der Waals surface area contributed by atoms with E-state index in [9.17, 15) is 18.0 Å². The molecule has 18 heavy (non-hydrogen) atoms. The Kier molecular flexibility index (Phi) is 4.97. The first kappa shape index (κ1) is 14.8. The zero-order valence-corrected chi connectivity index (χ0v) is 10.8. The van der Waals surface area contributed by atoms with Gasteiger partial charge in [-0.15, -0.1) is 0 Å². The minimum atomic E-state index is -4.49. The fraction of sp³-hybridized carbons (Fsp3) is 0.300. The fourth-order valence-corrected chi connectivity index (χ4v) is 1.59. The number of hydroxylamine groups is 1. The predicted octanol–water partition coefficient (Wildman–Crippen LogP) is 2.68. The summed E-state index contributed by atoms with van der Waals surface area (Å²) in [6.45, 7) is -1.55. The van der Waals surface area contributed by atoms with E-state index in [0.29, 0.717) is 10.2 Å². The second-order valence-corrected chi connectivity index (χ2v) is 4.04. The number of amides is 1. The number of alkyl halides is 3. The Morgan fingerprint density at radius 1 is 1.44 bits per heavy atom. The van der Waals surface area contributed by atoms with Crippen LogP contribution < -0.4 is 10.2 Å². The molecule has 8 heteroatoms. The van der Waals surface area contributed by atoms with Crippen molar-refractivity contribution in [2.45, 2.75) is 6.18 Å². The summed E-state index contributed by atoms with van der Waals surface area (Å²) in [5.74, 6) is -0.273. The molecule has 0 atom stereocenters. The maximum absolute atomic E-state index is 11.8. The Hall–Kier alpha value is -1.28. The Morgan fingerprint density at radius 3 is 2.61 bits per heavy atom. The van der Waals surface area contributed by atoms with E-state index >= 15 is 0 Å². The molecule has 0 unspecified atom stereocenters. The van der Waals surface area contributed by atoms with Crippen molar-refractivity contribution in [1.29, 1.82) is 0 Å². The summed E-state index contributed by atoms with van der Waals surface area (Å²) < 4.78 is 40.8. The number of ether oxygens (including phenoxy) is 1. The number of methoxy groups -OCH3 is 1. The van der Waals surface area contributed by atoms with Gasteiger partial charge in [0.25, 0.3) is 5.91 Å². The van der Waals surface area contributed by atoms with Crippen LogP contribution in [0.2, 0.25) is 0 Å². The van der Waals surface area contributed by atoms with Crippen molar-refractivity contribution in [1.82, 2.24) is 5.48 Å². The smallest absolute Gasteiger partial charge is 0.414 e. The summed E-state index contributed by atoms with van der Waals surface area (Å²) in [4.78, 5) is 15.5. The Morgan fingerprint density at radius 2 is 2.11 bits per heavy atom. The van der Waals surface area contributed by atoms with Gasteiger partial charge in [-0.05, 0) is 34.1 Å². The summed E-state index contributed by atoms with van der Waals surface area (Å²) in [5, 5.41) is 0. The van der Waals surface area contributed by atoms with Gasteiger partial charge in [0.05, 0.1) is 11.6 Å². The highest BCUT2D eigenvalue weighted by molar-refractivity contribution is 9.10. The van der Waals surface area contributed by atoms with Gasteiger partial charge in [0.1, 0.15) is 5.75 Å². The molecule has 1 aromatic carbocycles. The number of benzene rings is 1. The van der Waals surface area contributed by atoms with Crippen molar-refractivity contribution in [3.05, 3.63) is 28.2 Å². The minimum absolute atomic E-state index is 0.143. The third-order valence-corrected chi connectivity index (χ3v) is 2.43. The average molecular weight is 328 g/mol. The molecule has 0 bridgehead atoms. The van der Waals surface area contributed by atoms with Gasteiger partial charge in [-0.2, -0.15) is 13.2 Å². The zero-order chi connectivity index (χ0) is 13.8. The highest BCUT2D eigenvalue weighted by Gasteiger charge is 2.28. The maximum atomic E-state index is 11.8. The topological polar surface area (TPSA) is 47.6 Å². The minimum Gasteiger partial charge on any atom is -0.496 e. The Balaban J connectivity index is 2.59. The van der Waals surface area contributed by atoms with Gasteiger partial charge < -0.3 is 4.74 Å². The van der Waals surface area contributed by atoms with E-state index in [4.69, 9.17) is 4.74 Å². The number of hydrogen-bond donors (Lipinski definition) is 1. The predicted molar refractivity (Wildman–Crippen MR) is 60.2 cm³/mol. The molecule has 0 spiro atoms. The monoisotopic (exact) mass is 327 g/mol. The second kappa shape index (κ2) is 6.05. The normalized spacial score (nSPS) is 11.2. The van der Waals surface area contributed by atoms with Crippen molar-refractivity contribution in [3.63, 3.8) is 0 Å². The molecule has 4 nitrogen and oxygen atoms in total. The summed E-state index contributed by atoms with van der Waals surface area (Å²) in [6, 6.07) is 4.31. The number of carbonyl (C=O) groups is 1. The molecule has 0 fully saturated rings. The van der Waals surface area contributed by atoms with Gasteiger partial charge in [0, 0.05) is 5.56 Å². The van der Waals surface area contributed by atoms with E-state index in [1.54, 1.807) is 5.48 Å². The van der Waals surface area contributed by atoms with Crippen molar-refractivity contribution >= 4 is 21.8 Å². The number of nitrogens with one attached hydrogen (secondary N) is 1. The summed E-state index contributed by atoms with van der Waals surface area (Å²) >= 11 is 3.15. The first-order valence-corrected chi connectivity index (χ1v) is 5.45. The summed E-state index contributed by atoms with van der Waals surface area (Å²) in [7, 11) is 1.45. The van der Waals surface area contributed by atoms with Crippen LogP contribution >= 0.6 is 15.9 Å². The van der Waals surface area contributed by atoms with Crippen molar-refractivity contribution in [3.8, 4) is 5.75 Å². The molecule has 0 aromatic heterocycles. The van der Waals surface area contributed by atoms with Crippen LogP contribution in [0.4, 0.5) is 13.2 Å². The third kappa shape index (κ3) is 4.53.